The fourth-order valence-corrected chi connectivity index (χ4v) is 5.40. The molecular formula is C34H42F2O6. The number of halogens is 2. The summed E-state index contributed by atoms with van der Waals surface area (Å²) in [6, 6.07) is 9.13. The van der Waals surface area contributed by atoms with Crippen molar-refractivity contribution in [2.45, 2.75) is 96.2 Å². The zero-order chi connectivity index (χ0) is 30.5. The Kier molecular flexibility index (Phi) is 13.5. The SMILES string of the molecule is CCCCC[C@H](O)/C=C/[C@H]1[C@H](O)CC(=O)[C@@H]1CCCCCCC(=O)Oc1ccc(CC(=O)c2cc(F)cc(F)c2)cc1. The molecule has 0 saturated heterocycles. The highest BCUT2D eigenvalue weighted by atomic mass is 19.1. The van der Waals surface area contributed by atoms with Crippen LogP contribution in [0.3, 0.4) is 0 Å². The molecule has 2 aromatic carbocycles. The zero-order valence-electron chi connectivity index (χ0n) is 24.3. The van der Waals surface area contributed by atoms with Gasteiger partial charge in [-0.25, -0.2) is 8.78 Å². The number of ether oxygens (including phenoxy) is 1. The molecule has 0 amide bonds. The maximum Gasteiger partial charge on any atom is 0.311 e. The van der Waals surface area contributed by atoms with Gasteiger partial charge in [0.05, 0.1) is 12.2 Å². The molecule has 6 nitrogen and oxygen atoms in total. The standard InChI is InChI=1S/C34H42F2O6/c1-2-3-6-9-27(37)14-17-30-29(32(39)22-33(30)40)10-7-4-5-8-11-34(41)42-28-15-12-23(13-16-28)18-31(38)24-19-25(35)21-26(36)20-24/h12-17,19-21,27,29-30,33,37,40H,2-11,18,22H2,1H3/b17-14+/t27-,29+,30+,33+/m0/s1. The summed E-state index contributed by atoms with van der Waals surface area (Å²) in [6.07, 6.45) is 10.2. The summed E-state index contributed by atoms with van der Waals surface area (Å²) in [6.45, 7) is 2.11. The first-order valence-corrected chi connectivity index (χ1v) is 15.0. The quantitative estimate of drug-likeness (QED) is 0.0706. The Morgan fingerprint density at radius 3 is 2.38 bits per heavy atom. The molecular weight excluding hydrogens is 542 g/mol. The van der Waals surface area contributed by atoms with Crippen LogP contribution in [0.2, 0.25) is 0 Å². The van der Waals surface area contributed by atoms with E-state index in [1.807, 2.05) is 6.08 Å². The fraction of sp³-hybridized carbons (Fsp3) is 0.500. The Morgan fingerprint density at radius 1 is 1.00 bits per heavy atom. The van der Waals surface area contributed by atoms with Crippen LogP contribution < -0.4 is 4.74 Å². The first-order chi connectivity index (χ1) is 20.2. The molecule has 0 unspecified atom stereocenters. The van der Waals surface area contributed by atoms with Gasteiger partial charge in [-0.1, -0.05) is 69.7 Å². The van der Waals surface area contributed by atoms with Gasteiger partial charge in [0.15, 0.2) is 5.78 Å². The summed E-state index contributed by atoms with van der Waals surface area (Å²) in [5.41, 5.74) is 0.582. The first kappa shape index (κ1) is 33.3. The van der Waals surface area contributed by atoms with Crippen molar-refractivity contribution in [3.8, 4) is 5.75 Å². The molecule has 1 fully saturated rings. The van der Waals surface area contributed by atoms with Crippen LogP contribution in [0.4, 0.5) is 8.78 Å². The third-order valence-corrected chi connectivity index (χ3v) is 7.74. The molecule has 0 bridgehead atoms. The first-order valence-electron chi connectivity index (χ1n) is 15.0. The molecule has 1 aliphatic rings. The fourth-order valence-electron chi connectivity index (χ4n) is 5.40. The molecule has 228 valence electrons. The second-order valence-electron chi connectivity index (χ2n) is 11.2. The van der Waals surface area contributed by atoms with Crippen molar-refractivity contribution in [1.82, 2.24) is 0 Å². The molecule has 2 aromatic rings. The van der Waals surface area contributed by atoms with Crippen molar-refractivity contribution in [1.29, 1.82) is 0 Å². The van der Waals surface area contributed by atoms with E-state index in [-0.39, 0.29) is 48.4 Å². The van der Waals surface area contributed by atoms with Crippen LogP contribution in [-0.4, -0.2) is 40.0 Å². The van der Waals surface area contributed by atoms with Crippen LogP contribution in [0.5, 0.6) is 5.75 Å². The number of hydrogen-bond donors (Lipinski definition) is 2. The van der Waals surface area contributed by atoms with Gasteiger partial charge in [-0.3, -0.25) is 14.4 Å². The molecule has 0 aromatic heterocycles. The lowest BCUT2D eigenvalue weighted by Crippen LogP contribution is -2.19. The number of Topliss-reactive ketones (excluding diaryl/α,β-unsaturated/α-hetero) is 2. The minimum Gasteiger partial charge on any atom is -0.427 e. The molecule has 1 saturated carbocycles. The van der Waals surface area contributed by atoms with Crippen LogP contribution in [0, 0.1) is 23.5 Å². The molecule has 1 aliphatic carbocycles. The van der Waals surface area contributed by atoms with Crippen LogP contribution in [0.15, 0.2) is 54.6 Å². The summed E-state index contributed by atoms with van der Waals surface area (Å²) in [5, 5.41) is 20.5. The van der Waals surface area contributed by atoms with Crippen LogP contribution in [0.1, 0.15) is 93.5 Å². The van der Waals surface area contributed by atoms with E-state index in [9.17, 15) is 33.4 Å². The number of aliphatic hydroxyl groups excluding tert-OH is 2. The van der Waals surface area contributed by atoms with E-state index < -0.39 is 29.6 Å². The summed E-state index contributed by atoms with van der Waals surface area (Å²) in [4.78, 5) is 37.0. The van der Waals surface area contributed by atoms with Crippen molar-refractivity contribution in [3.05, 3.63) is 77.4 Å². The highest BCUT2D eigenvalue weighted by molar-refractivity contribution is 5.97. The Labute approximate surface area is 246 Å². The maximum atomic E-state index is 13.4. The average molecular weight is 585 g/mol. The molecule has 0 heterocycles. The van der Waals surface area contributed by atoms with Crippen molar-refractivity contribution in [3.63, 3.8) is 0 Å². The van der Waals surface area contributed by atoms with Gasteiger partial charge in [-0.2, -0.15) is 0 Å². The number of carbonyl (C=O) groups is 3. The average Bonchev–Trinajstić information content (AvgIpc) is 3.21. The summed E-state index contributed by atoms with van der Waals surface area (Å²) >= 11 is 0. The third-order valence-electron chi connectivity index (χ3n) is 7.74. The molecule has 2 N–H and O–H groups in total. The van der Waals surface area contributed by atoms with Gasteiger partial charge < -0.3 is 14.9 Å². The van der Waals surface area contributed by atoms with Gasteiger partial charge in [0.2, 0.25) is 0 Å². The Bertz CT molecular complexity index is 1190. The number of carbonyl (C=O) groups excluding carboxylic acids is 3. The highest BCUT2D eigenvalue weighted by Crippen LogP contribution is 2.34. The van der Waals surface area contributed by atoms with Crippen molar-refractivity contribution >= 4 is 17.5 Å². The minimum atomic E-state index is -0.809. The van der Waals surface area contributed by atoms with Gasteiger partial charge in [0.1, 0.15) is 23.2 Å². The minimum absolute atomic E-state index is 0.0411. The maximum absolute atomic E-state index is 13.4. The van der Waals surface area contributed by atoms with Crippen molar-refractivity contribution in [2.75, 3.05) is 0 Å². The van der Waals surface area contributed by atoms with Crippen LogP contribution in [-0.2, 0) is 16.0 Å². The predicted molar refractivity (Wildman–Crippen MR) is 156 cm³/mol. The smallest absolute Gasteiger partial charge is 0.311 e. The van der Waals surface area contributed by atoms with Gasteiger partial charge in [0.25, 0.3) is 0 Å². The molecule has 8 heteroatoms. The lowest BCUT2D eigenvalue weighted by Gasteiger charge is -2.18. The summed E-state index contributed by atoms with van der Waals surface area (Å²) < 4.78 is 32.1. The van der Waals surface area contributed by atoms with E-state index >= 15 is 0 Å². The lowest BCUT2D eigenvalue weighted by molar-refractivity contribution is -0.134. The van der Waals surface area contributed by atoms with E-state index in [0.717, 1.165) is 50.7 Å². The molecule has 0 radical (unpaired) electrons. The third kappa shape index (κ3) is 10.9. The topological polar surface area (TPSA) is 101 Å². The Morgan fingerprint density at radius 2 is 1.69 bits per heavy atom. The van der Waals surface area contributed by atoms with Gasteiger partial charge >= 0.3 is 5.97 Å². The summed E-state index contributed by atoms with van der Waals surface area (Å²) in [7, 11) is 0. The van der Waals surface area contributed by atoms with Gasteiger partial charge in [-0.15, -0.1) is 0 Å². The van der Waals surface area contributed by atoms with E-state index in [4.69, 9.17) is 4.74 Å². The van der Waals surface area contributed by atoms with E-state index in [1.54, 1.807) is 30.3 Å². The number of esters is 1. The van der Waals surface area contributed by atoms with E-state index in [0.29, 0.717) is 36.6 Å². The normalized spacial score (nSPS) is 19.4. The molecule has 0 aliphatic heterocycles. The summed E-state index contributed by atoms with van der Waals surface area (Å²) in [5.74, 6) is -2.49. The monoisotopic (exact) mass is 584 g/mol. The van der Waals surface area contributed by atoms with Crippen LogP contribution >= 0.6 is 0 Å². The zero-order valence-corrected chi connectivity index (χ0v) is 24.3. The number of ketones is 2. The lowest BCUT2D eigenvalue weighted by atomic mass is 9.88. The number of hydrogen-bond acceptors (Lipinski definition) is 6. The number of benzene rings is 2. The molecule has 0 spiro atoms. The van der Waals surface area contributed by atoms with Gasteiger partial charge in [0, 0.05) is 42.7 Å². The highest BCUT2D eigenvalue weighted by Gasteiger charge is 2.39. The van der Waals surface area contributed by atoms with E-state index in [2.05, 4.69) is 6.92 Å². The van der Waals surface area contributed by atoms with Crippen molar-refractivity contribution in [2.24, 2.45) is 11.8 Å². The second-order valence-corrected chi connectivity index (χ2v) is 11.2. The predicted octanol–water partition coefficient (Wildman–Crippen LogP) is 6.70. The molecule has 4 atom stereocenters. The largest absolute Gasteiger partial charge is 0.427 e. The van der Waals surface area contributed by atoms with Crippen LogP contribution in [0.25, 0.3) is 0 Å². The van der Waals surface area contributed by atoms with E-state index in [1.165, 1.54) is 0 Å². The number of unbranched alkanes of at least 4 members (excludes halogenated alkanes) is 5. The molecule has 42 heavy (non-hydrogen) atoms. The number of rotatable bonds is 17. The van der Waals surface area contributed by atoms with Gasteiger partial charge in [-0.05, 0) is 49.1 Å². The molecule has 3 rings (SSSR count). The Hall–Kier alpha value is -3.23. The number of aliphatic hydroxyl groups is 2. The Balaban J connectivity index is 1.34. The second kappa shape index (κ2) is 17.0. The van der Waals surface area contributed by atoms with Crippen molar-refractivity contribution < 1.29 is 38.1 Å².